The summed E-state index contributed by atoms with van der Waals surface area (Å²) in [5.74, 6) is 0. The molecule has 0 saturated carbocycles. The number of nitrogens with zero attached hydrogens (tertiary/aromatic N) is 1. The minimum atomic E-state index is -0.329. The van der Waals surface area contributed by atoms with Crippen LogP contribution in [0.3, 0.4) is 0 Å². The van der Waals surface area contributed by atoms with E-state index in [0.717, 1.165) is 52.3 Å². The largest absolute Gasteiger partial charge is 0.381 e. The van der Waals surface area contributed by atoms with Crippen molar-refractivity contribution in [3.8, 4) is 0 Å². The molecule has 2 fully saturated rings. The third kappa shape index (κ3) is 4.48. The zero-order valence-electron chi connectivity index (χ0n) is 11.7. The fraction of sp³-hybridized carbons (Fsp3) is 1.00. The second-order valence-electron chi connectivity index (χ2n) is 5.93. The third-order valence-corrected chi connectivity index (χ3v) is 3.66. The van der Waals surface area contributed by atoms with Gasteiger partial charge in [0, 0.05) is 38.9 Å². The SMILES string of the molecule is CC(C)(N)NC[C@@H]1CN(C2CCOCC2)CCO1. The quantitative estimate of drug-likeness (QED) is 0.702. The Labute approximate surface area is 110 Å². The van der Waals surface area contributed by atoms with Gasteiger partial charge in [0.05, 0.1) is 18.4 Å². The Hall–Kier alpha value is -0.200. The summed E-state index contributed by atoms with van der Waals surface area (Å²) in [7, 11) is 0. The molecule has 0 spiro atoms. The first kappa shape index (κ1) is 14.2. The molecule has 3 N–H and O–H groups in total. The van der Waals surface area contributed by atoms with Crippen LogP contribution in [0.25, 0.3) is 0 Å². The molecule has 106 valence electrons. The molecular formula is C13H27N3O2. The van der Waals surface area contributed by atoms with Crippen LogP contribution in [0.2, 0.25) is 0 Å². The molecule has 5 heteroatoms. The van der Waals surface area contributed by atoms with E-state index < -0.39 is 0 Å². The summed E-state index contributed by atoms with van der Waals surface area (Å²) in [6, 6.07) is 0.677. The standard InChI is InChI=1S/C13H27N3O2/c1-13(2,14)15-9-12-10-16(5-8-18-12)11-3-6-17-7-4-11/h11-12,15H,3-10,14H2,1-2H3/t12-/m1/s1. The number of nitrogens with one attached hydrogen (secondary N) is 1. The average Bonchev–Trinajstić information content (AvgIpc) is 2.37. The number of morpholine rings is 1. The predicted molar refractivity (Wildman–Crippen MR) is 71.4 cm³/mol. The van der Waals surface area contributed by atoms with Gasteiger partial charge in [0.15, 0.2) is 0 Å². The molecule has 0 aromatic heterocycles. The van der Waals surface area contributed by atoms with Crippen LogP contribution in [0.15, 0.2) is 0 Å². The number of ether oxygens (including phenoxy) is 2. The highest BCUT2D eigenvalue weighted by atomic mass is 16.5. The van der Waals surface area contributed by atoms with E-state index in [1.54, 1.807) is 0 Å². The van der Waals surface area contributed by atoms with Crippen molar-refractivity contribution >= 4 is 0 Å². The zero-order valence-corrected chi connectivity index (χ0v) is 11.7. The summed E-state index contributed by atoms with van der Waals surface area (Å²) in [4.78, 5) is 2.56. The highest BCUT2D eigenvalue weighted by Gasteiger charge is 2.28. The topological polar surface area (TPSA) is 59.8 Å². The van der Waals surface area contributed by atoms with Crippen molar-refractivity contribution in [2.24, 2.45) is 5.73 Å². The summed E-state index contributed by atoms with van der Waals surface area (Å²) < 4.78 is 11.2. The fourth-order valence-electron chi connectivity index (χ4n) is 2.62. The molecule has 0 radical (unpaired) electrons. The minimum absolute atomic E-state index is 0.254. The van der Waals surface area contributed by atoms with Crippen LogP contribution >= 0.6 is 0 Å². The lowest BCUT2D eigenvalue weighted by Gasteiger charge is -2.40. The molecular weight excluding hydrogens is 230 g/mol. The van der Waals surface area contributed by atoms with Crippen molar-refractivity contribution in [3.05, 3.63) is 0 Å². The van der Waals surface area contributed by atoms with E-state index in [0.29, 0.717) is 6.04 Å². The van der Waals surface area contributed by atoms with Gasteiger partial charge in [0.1, 0.15) is 0 Å². The van der Waals surface area contributed by atoms with E-state index in [1.807, 2.05) is 13.8 Å². The first-order valence-corrected chi connectivity index (χ1v) is 7.02. The van der Waals surface area contributed by atoms with Crippen molar-refractivity contribution in [2.75, 3.05) is 39.5 Å². The molecule has 1 atom stereocenters. The van der Waals surface area contributed by atoms with E-state index in [1.165, 1.54) is 0 Å². The Morgan fingerprint density at radius 1 is 1.28 bits per heavy atom. The Kier molecular flexibility index (Phi) is 4.98. The van der Waals surface area contributed by atoms with Crippen LogP contribution < -0.4 is 11.1 Å². The Bertz CT molecular complexity index is 249. The summed E-state index contributed by atoms with van der Waals surface area (Å²) >= 11 is 0. The molecule has 0 amide bonds. The summed E-state index contributed by atoms with van der Waals surface area (Å²) in [6.07, 6.45) is 2.56. The highest BCUT2D eigenvalue weighted by Crippen LogP contribution is 2.17. The molecule has 2 rings (SSSR count). The molecule has 18 heavy (non-hydrogen) atoms. The molecule has 2 saturated heterocycles. The van der Waals surface area contributed by atoms with Crippen molar-refractivity contribution < 1.29 is 9.47 Å². The maximum Gasteiger partial charge on any atom is 0.0827 e. The Morgan fingerprint density at radius 3 is 2.67 bits per heavy atom. The number of rotatable bonds is 4. The molecule has 0 unspecified atom stereocenters. The highest BCUT2D eigenvalue weighted by molar-refractivity contribution is 4.82. The lowest BCUT2D eigenvalue weighted by atomic mass is 10.1. The zero-order chi connectivity index (χ0) is 13.0. The van der Waals surface area contributed by atoms with Crippen LogP contribution in [0.1, 0.15) is 26.7 Å². The Balaban J connectivity index is 1.77. The van der Waals surface area contributed by atoms with Crippen molar-refractivity contribution in [1.29, 1.82) is 0 Å². The second-order valence-corrected chi connectivity index (χ2v) is 5.93. The molecule has 2 aliphatic rings. The number of nitrogens with two attached hydrogens (primary N) is 1. The monoisotopic (exact) mass is 257 g/mol. The van der Waals surface area contributed by atoms with Crippen LogP contribution in [0, 0.1) is 0 Å². The van der Waals surface area contributed by atoms with Gasteiger partial charge < -0.3 is 15.2 Å². The smallest absolute Gasteiger partial charge is 0.0827 e. The van der Waals surface area contributed by atoms with Gasteiger partial charge in [0.25, 0.3) is 0 Å². The molecule has 0 bridgehead atoms. The van der Waals surface area contributed by atoms with Crippen LogP contribution in [0.5, 0.6) is 0 Å². The summed E-state index contributed by atoms with van der Waals surface area (Å²) in [5, 5.41) is 3.32. The maximum absolute atomic E-state index is 5.93. The van der Waals surface area contributed by atoms with Crippen LogP contribution in [-0.4, -0.2) is 62.2 Å². The molecule has 5 nitrogen and oxygen atoms in total. The van der Waals surface area contributed by atoms with Crippen LogP contribution in [-0.2, 0) is 9.47 Å². The van der Waals surface area contributed by atoms with Gasteiger partial charge in [-0.05, 0) is 26.7 Å². The summed E-state index contributed by atoms with van der Waals surface area (Å²) in [5.41, 5.74) is 5.60. The van der Waals surface area contributed by atoms with Gasteiger partial charge in [-0.3, -0.25) is 10.2 Å². The minimum Gasteiger partial charge on any atom is -0.381 e. The molecule has 2 aliphatic heterocycles. The summed E-state index contributed by atoms with van der Waals surface area (Å²) in [6.45, 7) is 9.47. The maximum atomic E-state index is 5.93. The van der Waals surface area contributed by atoms with E-state index in [4.69, 9.17) is 15.2 Å². The van der Waals surface area contributed by atoms with Crippen LogP contribution in [0.4, 0.5) is 0 Å². The van der Waals surface area contributed by atoms with E-state index in [-0.39, 0.29) is 11.8 Å². The van der Waals surface area contributed by atoms with E-state index >= 15 is 0 Å². The second kappa shape index (κ2) is 6.30. The lowest BCUT2D eigenvalue weighted by molar-refractivity contribution is -0.0620. The van der Waals surface area contributed by atoms with Crippen molar-refractivity contribution in [1.82, 2.24) is 10.2 Å². The molecule has 0 aromatic carbocycles. The van der Waals surface area contributed by atoms with Gasteiger partial charge in [-0.1, -0.05) is 0 Å². The van der Waals surface area contributed by atoms with E-state index in [9.17, 15) is 0 Å². The van der Waals surface area contributed by atoms with Gasteiger partial charge >= 0.3 is 0 Å². The molecule has 2 heterocycles. The first-order valence-electron chi connectivity index (χ1n) is 7.02. The normalized spacial score (nSPS) is 28.5. The lowest BCUT2D eigenvalue weighted by Crippen LogP contribution is -2.56. The van der Waals surface area contributed by atoms with Gasteiger partial charge in [-0.2, -0.15) is 0 Å². The van der Waals surface area contributed by atoms with Crippen molar-refractivity contribution in [3.63, 3.8) is 0 Å². The average molecular weight is 257 g/mol. The molecule has 0 aliphatic carbocycles. The van der Waals surface area contributed by atoms with Gasteiger partial charge in [-0.15, -0.1) is 0 Å². The predicted octanol–water partition coefficient (Wildman–Crippen LogP) is 0.151. The fourth-order valence-corrected chi connectivity index (χ4v) is 2.62. The van der Waals surface area contributed by atoms with E-state index in [2.05, 4.69) is 10.2 Å². The Morgan fingerprint density at radius 2 is 2.00 bits per heavy atom. The van der Waals surface area contributed by atoms with Crippen molar-refractivity contribution in [2.45, 2.75) is 44.5 Å². The third-order valence-electron chi connectivity index (χ3n) is 3.66. The van der Waals surface area contributed by atoms with Gasteiger partial charge in [-0.25, -0.2) is 0 Å². The number of hydrogen-bond donors (Lipinski definition) is 2. The van der Waals surface area contributed by atoms with Gasteiger partial charge in [0.2, 0.25) is 0 Å². The first-order chi connectivity index (χ1) is 8.54. The number of hydrogen-bond acceptors (Lipinski definition) is 5. The molecule has 0 aromatic rings.